The summed E-state index contributed by atoms with van der Waals surface area (Å²) in [5, 5.41) is 0. The molecule has 0 aliphatic carbocycles. The van der Waals surface area contributed by atoms with Crippen LogP contribution in [0, 0.1) is 5.92 Å². The van der Waals surface area contributed by atoms with Crippen molar-refractivity contribution in [2.24, 2.45) is 5.92 Å². The number of carbonyl (C=O) groups excluding carboxylic acids is 3. The lowest BCUT2D eigenvalue weighted by Crippen LogP contribution is -2.44. The maximum Gasteiger partial charge on any atom is 0.340 e. The second-order valence-corrected chi connectivity index (χ2v) is 7.34. The quantitative estimate of drug-likeness (QED) is 0.570. The van der Waals surface area contributed by atoms with E-state index >= 15 is 0 Å². The van der Waals surface area contributed by atoms with Gasteiger partial charge in [0.1, 0.15) is 0 Å². The first-order valence-electron chi connectivity index (χ1n) is 9.64. The summed E-state index contributed by atoms with van der Waals surface area (Å²) in [5.41, 5.74) is -0.164. The minimum absolute atomic E-state index is 0.0220. The first kappa shape index (κ1) is 20.3. The van der Waals surface area contributed by atoms with Gasteiger partial charge in [0.2, 0.25) is 5.91 Å². The maximum absolute atomic E-state index is 12.7. The number of piperidine rings is 1. The Kier molecular flexibility index (Phi) is 6.28. The van der Waals surface area contributed by atoms with Crippen LogP contribution in [0.15, 0.2) is 17.1 Å². The topological polar surface area (TPSA) is 94.9 Å². The smallest absolute Gasteiger partial charge is 0.340 e. The molecule has 8 heteroatoms. The number of rotatable bonds is 4. The van der Waals surface area contributed by atoms with Crippen molar-refractivity contribution < 1.29 is 23.9 Å². The number of hydrogen-bond donors (Lipinski definition) is 0. The van der Waals surface area contributed by atoms with E-state index in [1.54, 1.807) is 0 Å². The van der Waals surface area contributed by atoms with Crippen molar-refractivity contribution in [1.82, 2.24) is 9.47 Å². The normalized spacial score (nSPS) is 18.7. The predicted molar refractivity (Wildman–Crippen MR) is 100 cm³/mol. The molecule has 0 N–H and O–H groups in total. The molecule has 0 radical (unpaired) electrons. The predicted octanol–water partition coefficient (Wildman–Crippen LogP) is 1.43. The van der Waals surface area contributed by atoms with Gasteiger partial charge >= 0.3 is 5.97 Å². The van der Waals surface area contributed by atoms with Crippen LogP contribution in [0.5, 0.6) is 0 Å². The summed E-state index contributed by atoms with van der Waals surface area (Å²) in [4.78, 5) is 50.9. The van der Waals surface area contributed by atoms with Crippen molar-refractivity contribution in [3.05, 3.63) is 33.7 Å². The molecule has 0 unspecified atom stereocenters. The highest BCUT2D eigenvalue weighted by Gasteiger charge is 2.30. The number of carbonyl (C=O) groups is 3. The molecule has 28 heavy (non-hydrogen) atoms. The summed E-state index contributed by atoms with van der Waals surface area (Å²) in [6, 6.07) is 1.07. The standard InChI is InChI=1S/C20H26N2O6/c1-13(23)16-11-18(24)22(12-17(16)20(26)27-2)15-3-7-21(8-4-15)19(25)14-5-9-28-10-6-14/h11-12,14-15H,3-10H2,1-2H3. The number of nitrogens with zero attached hydrogens (tertiary/aromatic N) is 2. The van der Waals surface area contributed by atoms with E-state index in [1.165, 1.54) is 30.9 Å². The zero-order chi connectivity index (χ0) is 20.3. The number of hydrogen-bond acceptors (Lipinski definition) is 6. The number of likely N-dealkylation sites (tertiary alicyclic amines) is 1. The van der Waals surface area contributed by atoms with Crippen molar-refractivity contribution in [2.45, 2.75) is 38.6 Å². The van der Waals surface area contributed by atoms with Crippen LogP contribution in [0.25, 0.3) is 0 Å². The van der Waals surface area contributed by atoms with Gasteiger partial charge < -0.3 is 18.9 Å². The lowest BCUT2D eigenvalue weighted by molar-refractivity contribution is -0.139. The molecule has 0 bridgehead atoms. The van der Waals surface area contributed by atoms with Crippen molar-refractivity contribution in [2.75, 3.05) is 33.4 Å². The highest BCUT2D eigenvalue weighted by molar-refractivity contribution is 6.05. The minimum Gasteiger partial charge on any atom is -0.465 e. The van der Waals surface area contributed by atoms with Gasteiger partial charge in [0.25, 0.3) is 5.56 Å². The Morgan fingerprint density at radius 2 is 1.71 bits per heavy atom. The zero-order valence-corrected chi connectivity index (χ0v) is 16.3. The lowest BCUT2D eigenvalue weighted by atomic mass is 9.96. The molecule has 0 spiro atoms. The fourth-order valence-corrected chi connectivity index (χ4v) is 3.96. The van der Waals surface area contributed by atoms with Crippen molar-refractivity contribution in [1.29, 1.82) is 0 Å². The van der Waals surface area contributed by atoms with E-state index in [0.29, 0.717) is 39.1 Å². The van der Waals surface area contributed by atoms with E-state index in [9.17, 15) is 19.2 Å². The molecule has 1 aromatic rings. The minimum atomic E-state index is -0.647. The number of ketones is 1. The molecular weight excluding hydrogens is 364 g/mol. The summed E-state index contributed by atoms with van der Waals surface area (Å²) in [6.45, 7) is 3.69. The Balaban J connectivity index is 1.75. The third-order valence-electron chi connectivity index (χ3n) is 5.61. The van der Waals surface area contributed by atoms with Crippen LogP contribution >= 0.6 is 0 Å². The molecular formula is C20H26N2O6. The van der Waals surface area contributed by atoms with Crippen molar-refractivity contribution in [3.8, 4) is 0 Å². The first-order valence-corrected chi connectivity index (χ1v) is 9.64. The van der Waals surface area contributed by atoms with Gasteiger partial charge in [-0.15, -0.1) is 0 Å². The van der Waals surface area contributed by atoms with Crippen LogP contribution in [0.1, 0.15) is 59.4 Å². The average Bonchev–Trinajstić information content (AvgIpc) is 2.73. The van der Waals surface area contributed by atoms with Gasteiger partial charge in [-0.05, 0) is 32.6 Å². The van der Waals surface area contributed by atoms with E-state index in [2.05, 4.69) is 0 Å². The summed E-state index contributed by atoms with van der Waals surface area (Å²) >= 11 is 0. The Hall–Kier alpha value is -2.48. The van der Waals surface area contributed by atoms with Crippen LogP contribution < -0.4 is 5.56 Å². The lowest BCUT2D eigenvalue weighted by Gasteiger charge is -2.35. The van der Waals surface area contributed by atoms with Gasteiger partial charge in [0.05, 0.1) is 12.7 Å². The molecule has 3 rings (SSSR count). The third-order valence-corrected chi connectivity index (χ3v) is 5.61. The summed E-state index contributed by atoms with van der Waals surface area (Å²) in [5.74, 6) is -0.822. The number of amides is 1. The fourth-order valence-electron chi connectivity index (χ4n) is 3.96. The summed E-state index contributed by atoms with van der Waals surface area (Å²) in [6.07, 6.45) is 4.18. The molecule has 152 valence electrons. The molecule has 3 heterocycles. The Bertz CT molecular complexity index is 816. The van der Waals surface area contributed by atoms with Crippen LogP contribution in [0.2, 0.25) is 0 Å². The highest BCUT2D eigenvalue weighted by Crippen LogP contribution is 2.25. The van der Waals surface area contributed by atoms with Crippen LogP contribution in [0.4, 0.5) is 0 Å². The summed E-state index contributed by atoms with van der Waals surface area (Å²) < 4.78 is 11.6. The van der Waals surface area contributed by atoms with Gasteiger partial charge in [-0.3, -0.25) is 14.4 Å². The number of esters is 1. The second kappa shape index (κ2) is 8.68. The van der Waals surface area contributed by atoms with Gasteiger partial charge in [-0.2, -0.15) is 0 Å². The largest absolute Gasteiger partial charge is 0.465 e. The van der Waals surface area contributed by atoms with Gasteiger partial charge in [0, 0.05) is 56.1 Å². The maximum atomic E-state index is 12.7. The van der Waals surface area contributed by atoms with Crippen molar-refractivity contribution in [3.63, 3.8) is 0 Å². The first-order chi connectivity index (χ1) is 13.4. The molecule has 0 aromatic carbocycles. The summed E-state index contributed by atoms with van der Waals surface area (Å²) in [7, 11) is 1.24. The monoisotopic (exact) mass is 390 g/mol. The zero-order valence-electron chi connectivity index (χ0n) is 16.3. The van der Waals surface area contributed by atoms with E-state index in [0.717, 1.165) is 12.8 Å². The van der Waals surface area contributed by atoms with E-state index in [1.807, 2.05) is 4.90 Å². The number of pyridine rings is 1. The van der Waals surface area contributed by atoms with Crippen molar-refractivity contribution >= 4 is 17.7 Å². The fraction of sp³-hybridized carbons (Fsp3) is 0.600. The molecule has 8 nitrogen and oxygen atoms in total. The van der Waals surface area contributed by atoms with Crippen LogP contribution in [0.3, 0.4) is 0 Å². The molecule has 1 amide bonds. The van der Waals surface area contributed by atoms with Gasteiger partial charge in [-0.1, -0.05) is 0 Å². The van der Waals surface area contributed by atoms with Crippen LogP contribution in [-0.4, -0.2) is 60.5 Å². The Labute approximate surface area is 163 Å². The molecule has 2 aliphatic heterocycles. The molecule has 2 aliphatic rings. The number of Topliss-reactive ketones (excluding diaryl/α,β-unsaturated/α-hetero) is 1. The van der Waals surface area contributed by atoms with Crippen LogP contribution in [-0.2, 0) is 14.3 Å². The highest BCUT2D eigenvalue weighted by atomic mass is 16.5. The Morgan fingerprint density at radius 1 is 1.07 bits per heavy atom. The van der Waals surface area contributed by atoms with E-state index in [4.69, 9.17) is 9.47 Å². The Morgan fingerprint density at radius 3 is 2.29 bits per heavy atom. The van der Waals surface area contributed by atoms with Gasteiger partial charge in [-0.25, -0.2) is 4.79 Å². The molecule has 1 aromatic heterocycles. The second-order valence-electron chi connectivity index (χ2n) is 7.34. The average molecular weight is 390 g/mol. The number of aromatic nitrogens is 1. The molecule has 2 saturated heterocycles. The van der Waals surface area contributed by atoms with Gasteiger partial charge in [0.15, 0.2) is 5.78 Å². The molecule has 2 fully saturated rings. The van der Waals surface area contributed by atoms with E-state index in [-0.39, 0.29) is 40.3 Å². The van der Waals surface area contributed by atoms with E-state index < -0.39 is 5.97 Å². The SMILES string of the molecule is COC(=O)c1cn(C2CCN(C(=O)C3CCOCC3)CC2)c(=O)cc1C(C)=O. The molecule has 0 saturated carbocycles. The molecule has 0 atom stereocenters. The third kappa shape index (κ3) is 4.16. The number of ether oxygens (including phenoxy) is 2. The number of methoxy groups -OCH3 is 1.